The molecule has 0 aromatic heterocycles. The van der Waals surface area contributed by atoms with E-state index in [1.165, 1.54) is 0 Å². The van der Waals surface area contributed by atoms with E-state index in [-0.39, 0.29) is 5.78 Å². The predicted octanol–water partition coefficient (Wildman–Crippen LogP) is 1.57. The van der Waals surface area contributed by atoms with Crippen LogP contribution in [0.3, 0.4) is 0 Å². The molecule has 1 saturated heterocycles. The second kappa shape index (κ2) is 4.26. The van der Waals surface area contributed by atoms with Crippen LogP contribution in [0.4, 0.5) is 4.79 Å². The van der Waals surface area contributed by atoms with Crippen LogP contribution in [0.5, 0.6) is 5.75 Å². The Morgan fingerprint density at radius 3 is 2.63 bits per heavy atom. The van der Waals surface area contributed by atoms with Crippen molar-refractivity contribution in [2.45, 2.75) is 24.9 Å². The number of benzene rings is 1. The maximum atomic E-state index is 12.2. The number of nitrogens with zero attached hydrogens (tertiary/aromatic N) is 1. The Hall–Kier alpha value is -2.04. The molecule has 0 bridgehead atoms. The molecule has 1 aromatic rings. The van der Waals surface area contributed by atoms with Crippen LogP contribution in [0.25, 0.3) is 0 Å². The number of para-hydroxylation sites is 1. The van der Waals surface area contributed by atoms with Gasteiger partial charge in [0.05, 0.1) is 12.0 Å². The van der Waals surface area contributed by atoms with Crippen molar-refractivity contribution in [2.24, 2.45) is 5.73 Å². The van der Waals surface area contributed by atoms with Gasteiger partial charge in [-0.05, 0) is 12.1 Å². The first-order chi connectivity index (χ1) is 9.10. The summed E-state index contributed by atoms with van der Waals surface area (Å²) in [6, 6.07) is 6.92. The summed E-state index contributed by atoms with van der Waals surface area (Å²) >= 11 is 0. The number of hydrogen-bond donors (Lipinski definition) is 1. The van der Waals surface area contributed by atoms with Gasteiger partial charge in [0.1, 0.15) is 11.4 Å². The summed E-state index contributed by atoms with van der Waals surface area (Å²) in [4.78, 5) is 24.9. The van der Waals surface area contributed by atoms with E-state index in [0.29, 0.717) is 43.7 Å². The van der Waals surface area contributed by atoms with Crippen molar-refractivity contribution in [3.63, 3.8) is 0 Å². The smallest absolute Gasteiger partial charge is 0.314 e. The Morgan fingerprint density at radius 2 is 1.95 bits per heavy atom. The molecule has 2 heterocycles. The molecule has 0 aliphatic carbocycles. The summed E-state index contributed by atoms with van der Waals surface area (Å²) in [5.41, 5.74) is 5.47. The number of Topliss-reactive ketones (excluding diaryl/α,β-unsaturated/α-hetero) is 1. The lowest BCUT2D eigenvalue weighted by Gasteiger charge is -2.43. The fraction of sp³-hybridized carbons (Fsp3) is 0.429. The van der Waals surface area contributed by atoms with Crippen molar-refractivity contribution in [1.82, 2.24) is 4.90 Å². The molecule has 1 fully saturated rings. The van der Waals surface area contributed by atoms with Gasteiger partial charge in [-0.1, -0.05) is 12.1 Å². The standard InChI is InChI=1S/C14H16N2O3/c15-13(18)16-7-5-14(6-8-16)9-11(17)10-3-1-2-4-12(10)19-14/h1-4H,5-9H2,(H2,15,18). The fourth-order valence-corrected chi connectivity index (χ4v) is 2.86. The molecule has 100 valence electrons. The van der Waals surface area contributed by atoms with Crippen LogP contribution >= 0.6 is 0 Å². The van der Waals surface area contributed by atoms with Gasteiger partial charge in [0.25, 0.3) is 0 Å². The van der Waals surface area contributed by atoms with Gasteiger partial charge in [0, 0.05) is 25.9 Å². The molecule has 0 unspecified atom stereocenters. The lowest BCUT2D eigenvalue weighted by atomic mass is 9.82. The van der Waals surface area contributed by atoms with Gasteiger partial charge in [0.2, 0.25) is 0 Å². The first-order valence-corrected chi connectivity index (χ1v) is 6.45. The van der Waals surface area contributed by atoms with Crippen molar-refractivity contribution >= 4 is 11.8 Å². The summed E-state index contributed by atoms with van der Waals surface area (Å²) in [6.45, 7) is 1.09. The van der Waals surface area contributed by atoms with Crippen molar-refractivity contribution < 1.29 is 14.3 Å². The molecule has 19 heavy (non-hydrogen) atoms. The van der Waals surface area contributed by atoms with E-state index >= 15 is 0 Å². The number of urea groups is 1. The van der Waals surface area contributed by atoms with E-state index < -0.39 is 11.6 Å². The fourth-order valence-electron chi connectivity index (χ4n) is 2.86. The molecule has 0 saturated carbocycles. The number of piperidine rings is 1. The SMILES string of the molecule is NC(=O)N1CCC2(CC1)CC(=O)c1ccccc1O2. The van der Waals surface area contributed by atoms with Crippen LogP contribution < -0.4 is 10.5 Å². The third-order valence-corrected chi connectivity index (χ3v) is 3.98. The maximum absolute atomic E-state index is 12.2. The molecule has 2 N–H and O–H groups in total. The van der Waals surface area contributed by atoms with Crippen LogP contribution in [-0.2, 0) is 0 Å². The highest BCUT2D eigenvalue weighted by atomic mass is 16.5. The van der Waals surface area contributed by atoms with Gasteiger partial charge < -0.3 is 15.4 Å². The highest BCUT2D eigenvalue weighted by Crippen LogP contribution is 2.38. The summed E-state index contributed by atoms with van der Waals surface area (Å²) in [6.07, 6.45) is 1.68. The average Bonchev–Trinajstić information content (AvgIpc) is 2.39. The lowest BCUT2D eigenvalue weighted by molar-refractivity contribution is 0.0000516. The zero-order valence-corrected chi connectivity index (χ0v) is 10.6. The second-order valence-corrected chi connectivity index (χ2v) is 5.21. The number of likely N-dealkylation sites (tertiary alicyclic amines) is 1. The third kappa shape index (κ3) is 2.05. The van der Waals surface area contributed by atoms with E-state index in [4.69, 9.17) is 10.5 Å². The summed E-state index contributed by atoms with van der Waals surface area (Å²) in [5, 5.41) is 0. The van der Waals surface area contributed by atoms with Gasteiger partial charge >= 0.3 is 6.03 Å². The van der Waals surface area contributed by atoms with E-state index in [0.717, 1.165) is 0 Å². The molecule has 0 atom stereocenters. The van der Waals surface area contributed by atoms with E-state index in [9.17, 15) is 9.59 Å². The Kier molecular flexibility index (Phi) is 2.69. The molecule has 5 heteroatoms. The van der Waals surface area contributed by atoms with Crippen molar-refractivity contribution in [3.8, 4) is 5.75 Å². The topological polar surface area (TPSA) is 72.6 Å². The molecule has 2 aliphatic heterocycles. The molecular formula is C14H16N2O3. The number of amides is 2. The minimum Gasteiger partial charge on any atom is -0.486 e. The van der Waals surface area contributed by atoms with E-state index in [2.05, 4.69) is 0 Å². The van der Waals surface area contributed by atoms with Crippen LogP contribution in [0.1, 0.15) is 29.6 Å². The Balaban J connectivity index is 1.82. The number of primary amides is 1. The van der Waals surface area contributed by atoms with Gasteiger partial charge in [-0.25, -0.2) is 4.79 Å². The van der Waals surface area contributed by atoms with Gasteiger partial charge in [-0.2, -0.15) is 0 Å². The van der Waals surface area contributed by atoms with Crippen LogP contribution in [0, 0.1) is 0 Å². The highest BCUT2D eigenvalue weighted by Gasteiger charge is 2.43. The van der Waals surface area contributed by atoms with Crippen molar-refractivity contribution in [3.05, 3.63) is 29.8 Å². The summed E-state index contributed by atoms with van der Waals surface area (Å²) < 4.78 is 6.06. The van der Waals surface area contributed by atoms with Crippen LogP contribution in [-0.4, -0.2) is 35.4 Å². The monoisotopic (exact) mass is 260 g/mol. The summed E-state index contributed by atoms with van der Waals surface area (Å²) in [7, 11) is 0. The molecule has 1 spiro atoms. The van der Waals surface area contributed by atoms with E-state index in [1.807, 2.05) is 18.2 Å². The Labute approximate surface area is 111 Å². The number of carbonyl (C=O) groups is 2. The zero-order chi connectivity index (χ0) is 13.5. The minimum absolute atomic E-state index is 0.120. The first-order valence-electron chi connectivity index (χ1n) is 6.45. The third-order valence-electron chi connectivity index (χ3n) is 3.98. The number of ether oxygens (including phenoxy) is 1. The van der Waals surface area contributed by atoms with E-state index in [1.54, 1.807) is 11.0 Å². The number of ketones is 1. The minimum atomic E-state index is -0.461. The Morgan fingerprint density at radius 1 is 1.26 bits per heavy atom. The molecule has 2 aliphatic rings. The second-order valence-electron chi connectivity index (χ2n) is 5.21. The van der Waals surface area contributed by atoms with Crippen LogP contribution in [0.2, 0.25) is 0 Å². The normalized spacial score (nSPS) is 20.8. The van der Waals surface area contributed by atoms with Gasteiger partial charge in [-0.15, -0.1) is 0 Å². The number of fused-ring (bicyclic) bond motifs is 1. The highest BCUT2D eigenvalue weighted by molar-refractivity contribution is 6.00. The molecule has 2 amide bonds. The number of nitrogens with two attached hydrogens (primary N) is 1. The zero-order valence-electron chi connectivity index (χ0n) is 10.6. The maximum Gasteiger partial charge on any atom is 0.314 e. The quantitative estimate of drug-likeness (QED) is 0.769. The van der Waals surface area contributed by atoms with Gasteiger partial charge in [0.15, 0.2) is 5.78 Å². The van der Waals surface area contributed by atoms with Crippen LogP contribution in [0.15, 0.2) is 24.3 Å². The Bertz CT molecular complexity index is 533. The molecule has 3 rings (SSSR count). The van der Waals surface area contributed by atoms with Gasteiger partial charge in [-0.3, -0.25) is 4.79 Å². The molecular weight excluding hydrogens is 244 g/mol. The molecule has 0 radical (unpaired) electrons. The van der Waals surface area contributed by atoms with Crippen molar-refractivity contribution in [1.29, 1.82) is 0 Å². The van der Waals surface area contributed by atoms with Crippen molar-refractivity contribution in [2.75, 3.05) is 13.1 Å². The number of rotatable bonds is 0. The lowest BCUT2D eigenvalue weighted by Crippen LogP contribution is -2.53. The first kappa shape index (κ1) is 12.0. The molecule has 1 aromatic carbocycles. The predicted molar refractivity (Wildman–Crippen MR) is 69.1 cm³/mol. The average molecular weight is 260 g/mol. The number of carbonyl (C=O) groups excluding carboxylic acids is 2. The summed E-state index contributed by atoms with van der Waals surface area (Å²) in [5.74, 6) is 0.778. The number of hydrogen-bond acceptors (Lipinski definition) is 3. The molecule has 5 nitrogen and oxygen atoms in total. The largest absolute Gasteiger partial charge is 0.486 e.